The molecule has 2 unspecified atom stereocenters. The van der Waals surface area contributed by atoms with Crippen LogP contribution >= 0.6 is 0 Å². The van der Waals surface area contributed by atoms with Gasteiger partial charge in [-0.15, -0.1) is 0 Å². The molecule has 0 saturated carbocycles. The third-order valence-electron chi connectivity index (χ3n) is 5.83. The van der Waals surface area contributed by atoms with Crippen molar-refractivity contribution in [1.29, 1.82) is 0 Å². The summed E-state index contributed by atoms with van der Waals surface area (Å²) in [5.74, 6) is -0.578. The quantitative estimate of drug-likeness (QED) is 0.618. The second-order valence-corrected chi connectivity index (χ2v) is 8.45. The summed E-state index contributed by atoms with van der Waals surface area (Å²) in [6.07, 6.45) is 6.90. The number of carboxylic acids is 1. The van der Waals surface area contributed by atoms with Crippen LogP contribution in [0, 0.1) is 5.92 Å². The standard InChI is InChI=1S/C20H34O5/c1-14(2)7-8-16(21)15(3)6-5-10-19(4)17-9-11-20(25-17,13-24-19)12-18(22)23/h7,15-17,21H,5-6,8-13H2,1-4H3,(H,22,23)/t15?,16?,17-,19+,20-/m1/s1. The largest absolute Gasteiger partial charge is 0.481 e. The van der Waals surface area contributed by atoms with E-state index in [0.717, 1.165) is 32.1 Å². The van der Waals surface area contributed by atoms with E-state index in [4.69, 9.17) is 14.6 Å². The number of hydrogen-bond acceptors (Lipinski definition) is 4. The molecule has 0 radical (unpaired) electrons. The van der Waals surface area contributed by atoms with E-state index in [1.54, 1.807) is 0 Å². The number of aliphatic hydroxyl groups is 1. The fourth-order valence-corrected chi connectivity index (χ4v) is 3.99. The molecule has 2 aliphatic rings. The van der Waals surface area contributed by atoms with Gasteiger partial charge in [-0.25, -0.2) is 0 Å². The van der Waals surface area contributed by atoms with E-state index in [2.05, 4.69) is 19.9 Å². The Hall–Kier alpha value is -0.910. The predicted octanol–water partition coefficient (Wildman–Crippen LogP) is 3.69. The number of allylic oxidation sites excluding steroid dienone is 1. The van der Waals surface area contributed by atoms with E-state index in [9.17, 15) is 9.90 Å². The zero-order valence-corrected chi connectivity index (χ0v) is 16.1. The number of ether oxygens (including phenoxy) is 2. The van der Waals surface area contributed by atoms with Crippen molar-refractivity contribution in [1.82, 2.24) is 0 Å². The molecule has 25 heavy (non-hydrogen) atoms. The molecule has 5 atom stereocenters. The Balaban J connectivity index is 1.80. The van der Waals surface area contributed by atoms with Crippen LogP contribution in [0.1, 0.15) is 72.6 Å². The summed E-state index contributed by atoms with van der Waals surface area (Å²) in [7, 11) is 0. The van der Waals surface area contributed by atoms with Crippen LogP contribution in [0.4, 0.5) is 0 Å². The Morgan fingerprint density at radius 1 is 1.40 bits per heavy atom. The molecule has 2 saturated heterocycles. The average Bonchev–Trinajstić information content (AvgIpc) is 2.89. The van der Waals surface area contributed by atoms with E-state index >= 15 is 0 Å². The van der Waals surface area contributed by atoms with Crippen LogP contribution in [0.25, 0.3) is 0 Å². The highest BCUT2D eigenvalue weighted by atomic mass is 16.6. The maximum absolute atomic E-state index is 11.1. The van der Waals surface area contributed by atoms with Gasteiger partial charge in [0.05, 0.1) is 30.8 Å². The number of rotatable bonds is 9. The Morgan fingerprint density at radius 3 is 2.76 bits per heavy atom. The van der Waals surface area contributed by atoms with Crippen LogP contribution < -0.4 is 0 Å². The minimum absolute atomic E-state index is 0.0210. The molecule has 144 valence electrons. The lowest BCUT2D eigenvalue weighted by Crippen LogP contribution is -2.53. The number of fused-ring (bicyclic) bond motifs is 2. The number of hydrogen-bond donors (Lipinski definition) is 2. The number of carbonyl (C=O) groups is 1. The summed E-state index contributed by atoms with van der Waals surface area (Å²) >= 11 is 0. The molecule has 2 aliphatic heterocycles. The first-order valence-electron chi connectivity index (χ1n) is 9.51. The van der Waals surface area contributed by atoms with Gasteiger partial charge in [0.25, 0.3) is 0 Å². The molecule has 0 aromatic rings. The van der Waals surface area contributed by atoms with Crippen molar-refractivity contribution >= 4 is 5.97 Å². The first kappa shape index (κ1) is 20.4. The lowest BCUT2D eigenvalue weighted by molar-refractivity contribution is -0.242. The van der Waals surface area contributed by atoms with Crippen molar-refractivity contribution in [2.75, 3.05) is 6.61 Å². The van der Waals surface area contributed by atoms with Crippen molar-refractivity contribution in [3.8, 4) is 0 Å². The molecule has 0 aromatic heterocycles. The molecule has 2 N–H and O–H groups in total. The highest BCUT2D eigenvalue weighted by Gasteiger charge is 2.54. The van der Waals surface area contributed by atoms with Gasteiger partial charge in [0.15, 0.2) is 0 Å². The fraction of sp³-hybridized carbons (Fsp3) is 0.850. The molecule has 2 rings (SSSR count). The SMILES string of the molecule is CC(C)=CCC(O)C(C)CCC[C@]1(C)OC[C@]2(CC(=O)O)CC[C@H]1O2. The molecule has 2 bridgehead atoms. The molecule has 5 nitrogen and oxygen atoms in total. The number of carboxylic acid groups (broad SMARTS) is 1. The normalized spacial score (nSPS) is 33.7. The van der Waals surface area contributed by atoms with Crippen molar-refractivity contribution in [2.45, 2.75) is 96.1 Å². The Bertz CT molecular complexity index is 498. The minimum atomic E-state index is -0.827. The van der Waals surface area contributed by atoms with Crippen LogP contribution in [-0.2, 0) is 14.3 Å². The van der Waals surface area contributed by atoms with Crippen LogP contribution in [0.15, 0.2) is 11.6 Å². The maximum atomic E-state index is 11.1. The number of aliphatic carboxylic acids is 1. The molecule has 0 amide bonds. The van der Waals surface area contributed by atoms with Gasteiger partial charge >= 0.3 is 5.97 Å². The second kappa shape index (κ2) is 8.19. The number of aliphatic hydroxyl groups excluding tert-OH is 1. The molecular weight excluding hydrogens is 320 g/mol. The molecule has 0 spiro atoms. The van der Waals surface area contributed by atoms with E-state index in [1.165, 1.54) is 5.57 Å². The zero-order valence-electron chi connectivity index (χ0n) is 16.1. The van der Waals surface area contributed by atoms with Crippen LogP contribution in [0.5, 0.6) is 0 Å². The Labute approximate surface area is 151 Å². The topological polar surface area (TPSA) is 76.0 Å². The molecule has 2 heterocycles. The van der Waals surface area contributed by atoms with E-state index in [1.807, 2.05) is 13.8 Å². The summed E-state index contributed by atoms with van der Waals surface area (Å²) in [6, 6.07) is 0. The maximum Gasteiger partial charge on any atom is 0.306 e. The highest BCUT2D eigenvalue weighted by Crippen LogP contribution is 2.46. The summed E-state index contributed by atoms with van der Waals surface area (Å²) in [5.41, 5.74) is 0.269. The van der Waals surface area contributed by atoms with Crippen LogP contribution in [0.2, 0.25) is 0 Å². The van der Waals surface area contributed by atoms with Gasteiger partial charge in [-0.2, -0.15) is 0 Å². The van der Waals surface area contributed by atoms with Crippen molar-refractivity contribution < 1.29 is 24.5 Å². The summed E-state index contributed by atoms with van der Waals surface area (Å²) in [5, 5.41) is 19.3. The molecule has 0 aliphatic carbocycles. The molecule has 2 fully saturated rings. The Kier molecular flexibility index (Phi) is 6.68. The third-order valence-corrected chi connectivity index (χ3v) is 5.83. The second-order valence-electron chi connectivity index (χ2n) is 8.45. The third kappa shape index (κ3) is 5.28. The predicted molar refractivity (Wildman–Crippen MR) is 96.5 cm³/mol. The summed E-state index contributed by atoms with van der Waals surface area (Å²) in [6.45, 7) is 8.63. The fourth-order valence-electron chi connectivity index (χ4n) is 3.99. The molecule has 0 aromatic carbocycles. The lowest BCUT2D eigenvalue weighted by atomic mass is 9.87. The van der Waals surface area contributed by atoms with Gasteiger partial charge in [0.1, 0.15) is 5.60 Å². The monoisotopic (exact) mass is 354 g/mol. The van der Waals surface area contributed by atoms with Gasteiger partial charge < -0.3 is 19.7 Å². The first-order chi connectivity index (χ1) is 11.7. The highest BCUT2D eigenvalue weighted by molar-refractivity contribution is 5.68. The average molecular weight is 354 g/mol. The van der Waals surface area contributed by atoms with Crippen LogP contribution in [0.3, 0.4) is 0 Å². The zero-order chi connectivity index (χ0) is 18.7. The van der Waals surface area contributed by atoms with Crippen LogP contribution in [-0.4, -0.2) is 46.2 Å². The van der Waals surface area contributed by atoms with Gasteiger partial charge in [0.2, 0.25) is 0 Å². The van der Waals surface area contributed by atoms with E-state index in [-0.39, 0.29) is 30.1 Å². The smallest absolute Gasteiger partial charge is 0.306 e. The summed E-state index contributed by atoms with van der Waals surface area (Å²) < 4.78 is 12.2. The van der Waals surface area contributed by atoms with Gasteiger partial charge in [-0.05, 0) is 58.8 Å². The van der Waals surface area contributed by atoms with E-state index in [0.29, 0.717) is 13.0 Å². The molecular formula is C20H34O5. The lowest BCUT2D eigenvalue weighted by Gasteiger charge is -2.44. The molecule has 5 heteroatoms. The summed E-state index contributed by atoms with van der Waals surface area (Å²) in [4.78, 5) is 11.1. The van der Waals surface area contributed by atoms with Gasteiger partial charge in [0, 0.05) is 0 Å². The van der Waals surface area contributed by atoms with Gasteiger partial charge in [-0.1, -0.05) is 25.0 Å². The van der Waals surface area contributed by atoms with Crippen molar-refractivity contribution in [3.05, 3.63) is 11.6 Å². The first-order valence-corrected chi connectivity index (χ1v) is 9.51. The van der Waals surface area contributed by atoms with Crippen molar-refractivity contribution in [2.24, 2.45) is 5.92 Å². The minimum Gasteiger partial charge on any atom is -0.481 e. The van der Waals surface area contributed by atoms with Crippen molar-refractivity contribution in [3.63, 3.8) is 0 Å². The van der Waals surface area contributed by atoms with E-state index < -0.39 is 11.6 Å². The van der Waals surface area contributed by atoms with Gasteiger partial charge in [-0.3, -0.25) is 4.79 Å². The Morgan fingerprint density at radius 2 is 2.12 bits per heavy atom.